The summed E-state index contributed by atoms with van der Waals surface area (Å²) in [6.07, 6.45) is 2.51. The molecule has 29 heavy (non-hydrogen) atoms. The second-order valence-corrected chi connectivity index (χ2v) is 7.71. The van der Waals surface area contributed by atoms with Crippen LogP contribution in [-0.2, 0) is 9.59 Å². The standard InChI is InChI=1S/C22H32N4O3/c1-7-8-9-18(22(28)23-19-12-17(5)29-25-19)26(6)13-20(27)24-21-15(3)10-14(2)11-16(21)4/h10-12,18H,7-9,13H2,1-6H3,(H,24,27)(H,23,25,28). The number of likely N-dealkylation sites (N-methyl/N-ethyl adjacent to an activating group) is 1. The highest BCUT2D eigenvalue weighted by atomic mass is 16.5. The summed E-state index contributed by atoms with van der Waals surface area (Å²) < 4.78 is 5.01. The Morgan fingerprint density at radius 1 is 1.10 bits per heavy atom. The Morgan fingerprint density at radius 3 is 2.31 bits per heavy atom. The number of anilines is 2. The van der Waals surface area contributed by atoms with E-state index in [0.29, 0.717) is 18.0 Å². The van der Waals surface area contributed by atoms with Gasteiger partial charge in [0.1, 0.15) is 5.76 Å². The second kappa shape index (κ2) is 10.2. The minimum Gasteiger partial charge on any atom is -0.360 e. The van der Waals surface area contributed by atoms with Crippen LogP contribution in [0.5, 0.6) is 0 Å². The van der Waals surface area contributed by atoms with Crippen molar-refractivity contribution in [1.29, 1.82) is 0 Å². The van der Waals surface area contributed by atoms with Crippen molar-refractivity contribution < 1.29 is 14.1 Å². The van der Waals surface area contributed by atoms with E-state index in [9.17, 15) is 9.59 Å². The van der Waals surface area contributed by atoms with Gasteiger partial charge in [-0.15, -0.1) is 0 Å². The van der Waals surface area contributed by atoms with Gasteiger partial charge in [0.15, 0.2) is 5.82 Å². The largest absolute Gasteiger partial charge is 0.360 e. The lowest BCUT2D eigenvalue weighted by atomic mass is 10.0. The maximum absolute atomic E-state index is 12.8. The molecule has 0 fully saturated rings. The summed E-state index contributed by atoms with van der Waals surface area (Å²) in [6.45, 7) is 9.96. The van der Waals surface area contributed by atoms with Crippen LogP contribution in [0.4, 0.5) is 11.5 Å². The first-order valence-electron chi connectivity index (χ1n) is 10.0. The predicted octanol–water partition coefficient (Wildman–Crippen LogP) is 3.98. The highest BCUT2D eigenvalue weighted by Gasteiger charge is 2.25. The van der Waals surface area contributed by atoms with Gasteiger partial charge in [-0.2, -0.15) is 0 Å². The number of benzene rings is 1. The molecule has 1 aromatic heterocycles. The lowest BCUT2D eigenvalue weighted by molar-refractivity contribution is -0.123. The summed E-state index contributed by atoms with van der Waals surface area (Å²) in [5.74, 6) is 0.679. The Balaban J connectivity index is 2.05. The summed E-state index contributed by atoms with van der Waals surface area (Å²) in [5, 5.41) is 9.60. The number of aromatic nitrogens is 1. The second-order valence-electron chi connectivity index (χ2n) is 7.71. The molecule has 7 heteroatoms. The number of carbonyl (C=O) groups excluding carboxylic acids is 2. The number of carbonyl (C=O) groups is 2. The van der Waals surface area contributed by atoms with Crippen LogP contribution in [0.15, 0.2) is 22.7 Å². The molecule has 0 aliphatic carbocycles. The van der Waals surface area contributed by atoms with Gasteiger partial charge >= 0.3 is 0 Å². The first kappa shape index (κ1) is 22.6. The molecular weight excluding hydrogens is 368 g/mol. The number of hydrogen-bond acceptors (Lipinski definition) is 5. The molecule has 0 aliphatic heterocycles. The Labute approximate surface area is 172 Å². The molecule has 0 spiro atoms. The lowest BCUT2D eigenvalue weighted by Crippen LogP contribution is -2.45. The minimum atomic E-state index is -0.432. The fraction of sp³-hybridized carbons (Fsp3) is 0.500. The van der Waals surface area contributed by atoms with Crippen LogP contribution in [0, 0.1) is 27.7 Å². The van der Waals surface area contributed by atoms with Crippen LogP contribution in [0.25, 0.3) is 0 Å². The van der Waals surface area contributed by atoms with Gasteiger partial charge in [-0.3, -0.25) is 14.5 Å². The smallest absolute Gasteiger partial charge is 0.242 e. The van der Waals surface area contributed by atoms with Gasteiger partial charge in [0, 0.05) is 11.8 Å². The fourth-order valence-electron chi connectivity index (χ4n) is 3.48. The number of amides is 2. The van der Waals surface area contributed by atoms with Crippen LogP contribution in [0.1, 0.15) is 48.6 Å². The SMILES string of the molecule is CCCCC(C(=O)Nc1cc(C)on1)N(C)CC(=O)Nc1c(C)cc(C)cc1C. The Bertz CT molecular complexity index is 836. The number of nitrogens with zero attached hydrogens (tertiary/aromatic N) is 2. The quantitative estimate of drug-likeness (QED) is 0.665. The zero-order valence-electron chi connectivity index (χ0n) is 18.3. The zero-order chi connectivity index (χ0) is 21.6. The Morgan fingerprint density at radius 2 is 1.76 bits per heavy atom. The average Bonchev–Trinajstić information content (AvgIpc) is 3.03. The van der Waals surface area contributed by atoms with Crippen molar-refractivity contribution in [2.45, 2.75) is 59.9 Å². The van der Waals surface area contributed by atoms with Gasteiger partial charge in [0.05, 0.1) is 12.6 Å². The number of nitrogens with one attached hydrogen (secondary N) is 2. The topological polar surface area (TPSA) is 87.5 Å². The minimum absolute atomic E-state index is 0.117. The molecule has 1 heterocycles. The fourth-order valence-corrected chi connectivity index (χ4v) is 3.48. The molecule has 2 amide bonds. The molecule has 1 unspecified atom stereocenters. The highest BCUT2D eigenvalue weighted by Crippen LogP contribution is 2.22. The first-order valence-corrected chi connectivity index (χ1v) is 10.0. The average molecular weight is 401 g/mol. The number of unbranched alkanes of at least 4 members (excludes halogenated alkanes) is 1. The number of rotatable bonds is 9. The molecule has 0 saturated carbocycles. The third-order valence-electron chi connectivity index (χ3n) is 4.88. The molecule has 0 aliphatic rings. The van der Waals surface area contributed by atoms with Crippen LogP contribution in [0.2, 0.25) is 0 Å². The molecule has 1 aromatic carbocycles. The van der Waals surface area contributed by atoms with E-state index >= 15 is 0 Å². The molecular formula is C22H32N4O3. The van der Waals surface area contributed by atoms with Crippen molar-refractivity contribution in [1.82, 2.24) is 10.1 Å². The predicted molar refractivity (Wildman–Crippen MR) is 115 cm³/mol. The third kappa shape index (κ3) is 6.42. The highest BCUT2D eigenvalue weighted by molar-refractivity contribution is 5.96. The van der Waals surface area contributed by atoms with Gasteiger partial charge in [0.2, 0.25) is 11.8 Å². The molecule has 7 nitrogen and oxygen atoms in total. The first-order chi connectivity index (χ1) is 13.7. The summed E-state index contributed by atoms with van der Waals surface area (Å²) in [4.78, 5) is 27.2. The normalized spacial score (nSPS) is 12.1. The van der Waals surface area contributed by atoms with Crippen LogP contribution < -0.4 is 10.6 Å². The zero-order valence-corrected chi connectivity index (χ0v) is 18.3. The van der Waals surface area contributed by atoms with Gasteiger partial charge in [-0.1, -0.05) is 42.6 Å². The van der Waals surface area contributed by atoms with Gasteiger partial charge in [0.25, 0.3) is 0 Å². The number of aryl methyl sites for hydroxylation is 4. The van der Waals surface area contributed by atoms with Crippen molar-refractivity contribution in [3.05, 3.63) is 40.6 Å². The van der Waals surface area contributed by atoms with E-state index in [1.807, 2.05) is 32.9 Å². The van der Waals surface area contributed by atoms with E-state index in [-0.39, 0.29) is 18.4 Å². The monoisotopic (exact) mass is 400 g/mol. The molecule has 0 saturated heterocycles. The van der Waals surface area contributed by atoms with E-state index in [2.05, 4.69) is 22.7 Å². The molecule has 1 atom stereocenters. The molecule has 2 N–H and O–H groups in total. The van der Waals surface area contributed by atoms with E-state index in [1.165, 1.54) is 0 Å². The molecule has 2 aromatic rings. The van der Waals surface area contributed by atoms with Crippen LogP contribution in [0.3, 0.4) is 0 Å². The van der Waals surface area contributed by atoms with Crippen LogP contribution >= 0.6 is 0 Å². The molecule has 0 bridgehead atoms. The molecule has 158 valence electrons. The molecule has 2 rings (SSSR count). The summed E-state index contributed by atoms with van der Waals surface area (Å²) >= 11 is 0. The third-order valence-corrected chi connectivity index (χ3v) is 4.88. The molecule has 0 radical (unpaired) electrons. The van der Waals surface area contributed by atoms with Crippen molar-refractivity contribution in [3.8, 4) is 0 Å². The van der Waals surface area contributed by atoms with Crippen molar-refractivity contribution in [3.63, 3.8) is 0 Å². The van der Waals surface area contributed by atoms with E-state index < -0.39 is 6.04 Å². The summed E-state index contributed by atoms with van der Waals surface area (Å²) in [6, 6.07) is 5.33. The van der Waals surface area contributed by atoms with Crippen molar-refractivity contribution >= 4 is 23.3 Å². The van der Waals surface area contributed by atoms with E-state index in [4.69, 9.17) is 4.52 Å². The maximum Gasteiger partial charge on any atom is 0.242 e. The van der Waals surface area contributed by atoms with E-state index in [0.717, 1.165) is 35.2 Å². The maximum atomic E-state index is 12.8. The van der Waals surface area contributed by atoms with Crippen molar-refractivity contribution in [2.24, 2.45) is 0 Å². The summed E-state index contributed by atoms with van der Waals surface area (Å²) in [7, 11) is 1.79. The van der Waals surface area contributed by atoms with E-state index in [1.54, 1.807) is 24.9 Å². The Kier molecular flexibility index (Phi) is 7.96. The lowest BCUT2D eigenvalue weighted by Gasteiger charge is -2.26. The van der Waals surface area contributed by atoms with Gasteiger partial charge in [-0.25, -0.2) is 0 Å². The Hall–Kier alpha value is -2.67. The van der Waals surface area contributed by atoms with Gasteiger partial charge in [-0.05, 0) is 52.3 Å². The number of hydrogen-bond donors (Lipinski definition) is 2. The van der Waals surface area contributed by atoms with Gasteiger partial charge < -0.3 is 15.2 Å². The van der Waals surface area contributed by atoms with Crippen molar-refractivity contribution in [2.75, 3.05) is 24.2 Å². The summed E-state index contributed by atoms with van der Waals surface area (Å²) in [5.41, 5.74) is 4.05. The van der Waals surface area contributed by atoms with Crippen LogP contribution in [-0.4, -0.2) is 41.5 Å².